The smallest absolute Gasteiger partial charge is 0.244 e. The molecule has 2 rings (SSSR count). The topological polar surface area (TPSA) is 49.3 Å². The van der Waals surface area contributed by atoms with Gasteiger partial charge in [-0.1, -0.05) is 35.3 Å². The van der Waals surface area contributed by atoms with Gasteiger partial charge in [0, 0.05) is 19.2 Å². The van der Waals surface area contributed by atoms with Crippen molar-refractivity contribution < 1.29 is 9.90 Å². The number of benzene rings is 1. The Morgan fingerprint density at radius 1 is 1.40 bits per heavy atom. The van der Waals surface area contributed by atoms with Gasteiger partial charge in [0.2, 0.25) is 5.91 Å². The third-order valence-corrected chi connectivity index (χ3v) is 4.47. The summed E-state index contributed by atoms with van der Waals surface area (Å²) in [5, 5.41) is 12.7. The molecule has 1 saturated carbocycles. The van der Waals surface area contributed by atoms with Gasteiger partial charge >= 0.3 is 0 Å². The molecule has 1 aromatic rings. The van der Waals surface area contributed by atoms with Crippen LogP contribution in [0.5, 0.6) is 0 Å². The van der Waals surface area contributed by atoms with E-state index in [1.165, 1.54) is 6.08 Å². The highest BCUT2D eigenvalue weighted by molar-refractivity contribution is 6.42. The van der Waals surface area contributed by atoms with Gasteiger partial charge in [-0.15, -0.1) is 0 Å². The number of carbonyl (C=O) groups is 1. The van der Waals surface area contributed by atoms with Crippen LogP contribution in [0, 0.1) is 5.41 Å². The highest BCUT2D eigenvalue weighted by atomic mass is 35.5. The van der Waals surface area contributed by atoms with Crippen molar-refractivity contribution in [3.8, 4) is 0 Å². The lowest BCUT2D eigenvalue weighted by Gasteiger charge is -2.13. The molecule has 0 aromatic heterocycles. The van der Waals surface area contributed by atoms with E-state index in [-0.39, 0.29) is 17.9 Å². The largest absolute Gasteiger partial charge is 0.396 e. The molecule has 0 saturated heterocycles. The van der Waals surface area contributed by atoms with E-state index < -0.39 is 0 Å². The van der Waals surface area contributed by atoms with Crippen molar-refractivity contribution in [2.24, 2.45) is 5.41 Å². The molecule has 1 amide bonds. The highest BCUT2D eigenvalue weighted by Gasteiger charge is 2.41. The predicted octanol–water partition coefficient (Wildman–Crippen LogP) is 3.29. The standard InChI is InChI=1S/C15H17Cl2NO2/c16-12-3-1-2-11(14(12)17)4-5-13(20)18-10-15(6-7-15)8-9-19/h1-5,19H,6-10H2,(H,18,20)/b5-4+. The number of rotatable bonds is 6. The number of hydrogen-bond acceptors (Lipinski definition) is 2. The summed E-state index contributed by atoms with van der Waals surface area (Å²) in [5.74, 6) is -0.162. The summed E-state index contributed by atoms with van der Waals surface area (Å²) in [7, 11) is 0. The summed E-state index contributed by atoms with van der Waals surface area (Å²) >= 11 is 11.9. The minimum atomic E-state index is -0.162. The van der Waals surface area contributed by atoms with Crippen LogP contribution in [0.2, 0.25) is 10.0 Å². The second kappa shape index (κ2) is 6.61. The first-order chi connectivity index (χ1) is 9.56. The molecule has 108 valence electrons. The molecular formula is C15H17Cl2NO2. The maximum atomic E-state index is 11.8. The molecular weight excluding hydrogens is 297 g/mol. The Morgan fingerprint density at radius 2 is 2.15 bits per heavy atom. The summed E-state index contributed by atoms with van der Waals surface area (Å²) in [6.45, 7) is 0.782. The van der Waals surface area contributed by atoms with E-state index in [1.54, 1.807) is 24.3 Å². The maximum Gasteiger partial charge on any atom is 0.244 e. The highest BCUT2D eigenvalue weighted by Crippen LogP contribution is 2.47. The number of hydrogen-bond donors (Lipinski definition) is 2. The van der Waals surface area contributed by atoms with Crippen molar-refractivity contribution in [1.29, 1.82) is 0 Å². The normalized spacial score (nSPS) is 16.4. The molecule has 0 radical (unpaired) electrons. The van der Waals surface area contributed by atoms with Crippen LogP contribution in [0.4, 0.5) is 0 Å². The molecule has 0 unspecified atom stereocenters. The molecule has 0 spiro atoms. The Hall–Kier alpha value is -1.03. The average Bonchev–Trinajstić information content (AvgIpc) is 3.19. The zero-order valence-electron chi connectivity index (χ0n) is 11.0. The summed E-state index contributed by atoms with van der Waals surface area (Å²) in [6, 6.07) is 5.28. The van der Waals surface area contributed by atoms with Gasteiger partial charge in [0.1, 0.15) is 0 Å². The van der Waals surface area contributed by atoms with Crippen LogP contribution in [0.3, 0.4) is 0 Å². The van der Waals surface area contributed by atoms with Gasteiger partial charge in [0.15, 0.2) is 0 Å². The lowest BCUT2D eigenvalue weighted by atomic mass is 10.0. The van der Waals surface area contributed by atoms with Gasteiger partial charge in [-0.25, -0.2) is 0 Å². The van der Waals surface area contributed by atoms with E-state index in [1.807, 2.05) is 0 Å². The summed E-state index contributed by atoms with van der Waals surface area (Å²) < 4.78 is 0. The van der Waals surface area contributed by atoms with Gasteiger partial charge in [0.05, 0.1) is 10.0 Å². The molecule has 1 aliphatic rings. The zero-order chi connectivity index (χ0) is 14.6. The van der Waals surface area contributed by atoms with Gasteiger partial charge in [-0.05, 0) is 42.4 Å². The van der Waals surface area contributed by atoms with E-state index in [0.717, 1.165) is 19.3 Å². The Bertz CT molecular complexity index is 525. The van der Waals surface area contributed by atoms with Crippen LogP contribution in [0.25, 0.3) is 6.08 Å². The molecule has 3 nitrogen and oxygen atoms in total. The summed E-state index contributed by atoms with van der Waals surface area (Å²) in [5.41, 5.74) is 0.831. The predicted molar refractivity (Wildman–Crippen MR) is 81.9 cm³/mol. The van der Waals surface area contributed by atoms with Crippen molar-refractivity contribution in [3.63, 3.8) is 0 Å². The molecule has 20 heavy (non-hydrogen) atoms. The van der Waals surface area contributed by atoms with E-state index >= 15 is 0 Å². The Morgan fingerprint density at radius 3 is 2.80 bits per heavy atom. The number of amides is 1. The second-order valence-electron chi connectivity index (χ2n) is 5.17. The van der Waals surface area contributed by atoms with Crippen LogP contribution < -0.4 is 5.32 Å². The van der Waals surface area contributed by atoms with Crippen LogP contribution in [-0.2, 0) is 4.79 Å². The molecule has 1 aromatic carbocycles. The molecule has 0 atom stereocenters. The second-order valence-corrected chi connectivity index (χ2v) is 5.95. The van der Waals surface area contributed by atoms with Gasteiger partial charge in [-0.2, -0.15) is 0 Å². The average molecular weight is 314 g/mol. The Labute approximate surface area is 128 Å². The number of halogens is 2. The number of nitrogens with one attached hydrogen (secondary N) is 1. The monoisotopic (exact) mass is 313 g/mol. The van der Waals surface area contributed by atoms with Gasteiger partial charge in [-0.3, -0.25) is 4.79 Å². The zero-order valence-corrected chi connectivity index (χ0v) is 12.5. The van der Waals surface area contributed by atoms with Crippen molar-refractivity contribution in [3.05, 3.63) is 39.9 Å². The van der Waals surface area contributed by atoms with Crippen molar-refractivity contribution in [2.75, 3.05) is 13.2 Å². The van der Waals surface area contributed by atoms with Crippen molar-refractivity contribution >= 4 is 35.2 Å². The lowest BCUT2D eigenvalue weighted by Crippen LogP contribution is -2.29. The minimum absolute atomic E-state index is 0.117. The van der Waals surface area contributed by atoms with Gasteiger partial charge < -0.3 is 10.4 Å². The number of aliphatic hydroxyl groups is 1. The third kappa shape index (κ3) is 3.98. The van der Waals surface area contributed by atoms with Crippen LogP contribution in [0.1, 0.15) is 24.8 Å². The fourth-order valence-corrected chi connectivity index (χ4v) is 2.45. The van der Waals surface area contributed by atoms with Crippen LogP contribution in [-0.4, -0.2) is 24.2 Å². The number of carbonyl (C=O) groups excluding carboxylic acids is 1. The molecule has 2 N–H and O–H groups in total. The van der Waals surface area contributed by atoms with E-state index in [2.05, 4.69) is 5.32 Å². The Balaban J connectivity index is 1.88. The quantitative estimate of drug-likeness (QED) is 0.792. The maximum absolute atomic E-state index is 11.8. The molecule has 1 fully saturated rings. The third-order valence-electron chi connectivity index (χ3n) is 3.63. The Kier molecular flexibility index (Phi) is 5.08. The number of aliphatic hydroxyl groups excluding tert-OH is 1. The molecule has 0 aliphatic heterocycles. The summed E-state index contributed by atoms with van der Waals surface area (Å²) in [6.07, 6.45) is 5.98. The first-order valence-electron chi connectivity index (χ1n) is 6.57. The lowest BCUT2D eigenvalue weighted by molar-refractivity contribution is -0.116. The van der Waals surface area contributed by atoms with Crippen LogP contribution in [0.15, 0.2) is 24.3 Å². The van der Waals surface area contributed by atoms with Gasteiger partial charge in [0.25, 0.3) is 0 Å². The fourth-order valence-electron chi connectivity index (χ4n) is 2.08. The first kappa shape index (κ1) is 15.4. The van der Waals surface area contributed by atoms with E-state index in [9.17, 15) is 4.79 Å². The van der Waals surface area contributed by atoms with E-state index in [4.69, 9.17) is 28.3 Å². The van der Waals surface area contributed by atoms with E-state index in [0.29, 0.717) is 22.2 Å². The summed E-state index contributed by atoms with van der Waals surface area (Å²) in [4.78, 5) is 11.8. The first-order valence-corrected chi connectivity index (χ1v) is 7.33. The van der Waals surface area contributed by atoms with Crippen molar-refractivity contribution in [1.82, 2.24) is 5.32 Å². The molecule has 0 bridgehead atoms. The van der Waals surface area contributed by atoms with Crippen molar-refractivity contribution in [2.45, 2.75) is 19.3 Å². The molecule has 1 aliphatic carbocycles. The molecule has 5 heteroatoms. The molecule has 0 heterocycles. The fraction of sp³-hybridized carbons (Fsp3) is 0.400. The van der Waals surface area contributed by atoms with Crippen LogP contribution >= 0.6 is 23.2 Å². The SMILES string of the molecule is O=C(/C=C/c1cccc(Cl)c1Cl)NCC1(CCO)CC1. The minimum Gasteiger partial charge on any atom is -0.396 e.